The molecule has 3 rings (SSSR count). The lowest BCUT2D eigenvalue weighted by atomic mass is 10.2. The Morgan fingerprint density at radius 1 is 0.857 bits per heavy atom. The molecule has 2 nitrogen and oxygen atoms in total. The van der Waals surface area contributed by atoms with E-state index in [9.17, 15) is 5.26 Å². The molecule has 0 heterocycles. The SMILES string of the molecule is [C-]#[N+]c1cccc([Si](c2cccc(C)c2)(c2cccc(C#N)c2)C(C)(C)C)c1. The second kappa shape index (κ2) is 7.47. The maximum absolute atomic E-state index is 9.52. The van der Waals surface area contributed by atoms with E-state index >= 15 is 0 Å². The molecule has 0 saturated carbocycles. The van der Waals surface area contributed by atoms with E-state index in [-0.39, 0.29) is 5.04 Å². The number of hydrogen-bond donors (Lipinski definition) is 0. The van der Waals surface area contributed by atoms with Crippen molar-refractivity contribution in [2.45, 2.75) is 32.7 Å². The Hall–Kier alpha value is -3.14. The predicted molar refractivity (Wildman–Crippen MR) is 119 cm³/mol. The van der Waals surface area contributed by atoms with Gasteiger partial charge in [-0.2, -0.15) is 5.26 Å². The quantitative estimate of drug-likeness (QED) is 0.368. The maximum Gasteiger partial charge on any atom is 0.187 e. The second-order valence-corrected chi connectivity index (χ2v) is 13.0. The van der Waals surface area contributed by atoms with E-state index in [0.717, 1.165) is 0 Å². The molecule has 0 fully saturated rings. The van der Waals surface area contributed by atoms with Crippen LogP contribution in [0.5, 0.6) is 0 Å². The standard InChI is InChI=1S/C25H24N2Si/c1-19-9-6-12-22(15-19)28(25(2,3)4,23-13-7-10-20(16-23)18-26)24-14-8-11-21(17-24)27-5/h6-17H,1-4H3. The van der Waals surface area contributed by atoms with Gasteiger partial charge in [0.25, 0.3) is 0 Å². The third-order valence-corrected chi connectivity index (χ3v) is 11.2. The van der Waals surface area contributed by atoms with Crippen LogP contribution in [0.1, 0.15) is 31.9 Å². The molecular weight excluding hydrogens is 356 g/mol. The molecule has 1 unspecified atom stereocenters. The number of benzene rings is 3. The fraction of sp³-hybridized carbons (Fsp3) is 0.200. The van der Waals surface area contributed by atoms with Gasteiger partial charge in [0, 0.05) is 0 Å². The first-order valence-corrected chi connectivity index (χ1v) is 11.4. The Kier molecular flexibility index (Phi) is 5.23. The smallest absolute Gasteiger partial charge is 0.187 e. The number of nitrogens with zero attached hydrogens (tertiary/aromatic N) is 2. The van der Waals surface area contributed by atoms with Gasteiger partial charge in [-0.3, -0.25) is 0 Å². The van der Waals surface area contributed by atoms with Gasteiger partial charge in [0.15, 0.2) is 13.8 Å². The molecule has 0 amide bonds. The molecule has 28 heavy (non-hydrogen) atoms. The molecule has 3 aromatic carbocycles. The summed E-state index contributed by atoms with van der Waals surface area (Å²) in [7, 11) is -2.55. The number of nitriles is 1. The van der Waals surface area contributed by atoms with Crippen LogP contribution < -0.4 is 15.6 Å². The minimum Gasteiger partial charge on any atom is -0.238 e. The Morgan fingerprint density at radius 3 is 2.00 bits per heavy atom. The normalized spacial score (nSPS) is 13.2. The first-order chi connectivity index (χ1) is 13.3. The predicted octanol–water partition coefficient (Wildman–Crippen LogP) is 4.69. The fourth-order valence-corrected chi connectivity index (χ4v) is 10.1. The summed E-state index contributed by atoms with van der Waals surface area (Å²) in [6.07, 6.45) is 0. The monoisotopic (exact) mass is 380 g/mol. The summed E-state index contributed by atoms with van der Waals surface area (Å²) in [6, 6.07) is 27.1. The third-order valence-electron chi connectivity index (χ3n) is 5.41. The van der Waals surface area contributed by atoms with E-state index in [0.29, 0.717) is 11.3 Å². The van der Waals surface area contributed by atoms with Gasteiger partial charge < -0.3 is 0 Å². The van der Waals surface area contributed by atoms with Crippen LogP contribution in [0.2, 0.25) is 5.04 Å². The molecule has 3 aromatic rings. The Balaban J connectivity index is 2.50. The number of hydrogen-bond acceptors (Lipinski definition) is 1. The summed E-state index contributed by atoms with van der Waals surface area (Å²) in [5, 5.41) is 13.2. The summed E-state index contributed by atoms with van der Waals surface area (Å²) in [6.45, 7) is 16.5. The molecule has 0 aromatic heterocycles. The molecule has 0 aliphatic heterocycles. The summed E-state index contributed by atoms with van der Waals surface area (Å²) in [5.74, 6) is 0. The highest BCUT2D eigenvalue weighted by Crippen LogP contribution is 2.36. The van der Waals surface area contributed by atoms with E-state index in [2.05, 4.69) is 75.0 Å². The number of rotatable bonds is 3. The van der Waals surface area contributed by atoms with E-state index in [1.807, 2.05) is 36.4 Å². The molecule has 0 N–H and O–H groups in total. The Labute approximate surface area is 168 Å². The lowest BCUT2D eigenvalue weighted by Gasteiger charge is -2.45. The molecule has 0 bridgehead atoms. The van der Waals surface area contributed by atoms with Gasteiger partial charge in [-0.25, -0.2) is 4.85 Å². The number of aryl methyl sites for hydroxylation is 1. The van der Waals surface area contributed by atoms with Gasteiger partial charge in [0.1, 0.15) is 0 Å². The summed E-state index contributed by atoms with van der Waals surface area (Å²) >= 11 is 0. The van der Waals surface area contributed by atoms with Crippen molar-refractivity contribution in [2.24, 2.45) is 0 Å². The maximum atomic E-state index is 9.52. The van der Waals surface area contributed by atoms with E-state index in [4.69, 9.17) is 6.57 Å². The van der Waals surface area contributed by atoms with Crippen molar-refractivity contribution >= 4 is 29.3 Å². The van der Waals surface area contributed by atoms with Crippen molar-refractivity contribution in [3.8, 4) is 6.07 Å². The van der Waals surface area contributed by atoms with E-state index in [1.54, 1.807) is 0 Å². The zero-order chi connectivity index (χ0) is 20.4. The molecule has 138 valence electrons. The summed E-state index contributed by atoms with van der Waals surface area (Å²) < 4.78 is 0. The highest BCUT2D eigenvalue weighted by molar-refractivity contribution is 7.13. The van der Waals surface area contributed by atoms with Crippen LogP contribution in [0.25, 0.3) is 4.85 Å². The van der Waals surface area contributed by atoms with Gasteiger partial charge in [-0.05, 0) is 34.5 Å². The molecule has 0 radical (unpaired) electrons. The van der Waals surface area contributed by atoms with Crippen molar-refractivity contribution in [2.75, 3.05) is 0 Å². The van der Waals surface area contributed by atoms with E-state index < -0.39 is 8.07 Å². The van der Waals surface area contributed by atoms with Crippen LogP contribution in [0.3, 0.4) is 0 Å². The molecule has 0 saturated heterocycles. The first-order valence-electron chi connectivity index (χ1n) is 9.38. The topological polar surface area (TPSA) is 28.1 Å². The Bertz CT molecular complexity index is 1040. The summed E-state index contributed by atoms with van der Waals surface area (Å²) in [5.41, 5.74) is 2.55. The van der Waals surface area contributed by atoms with Crippen molar-refractivity contribution in [1.82, 2.24) is 0 Å². The van der Waals surface area contributed by atoms with Gasteiger partial charge in [-0.15, -0.1) is 0 Å². The first kappa shape index (κ1) is 19.6. The molecular formula is C25H24N2Si. The van der Waals surface area contributed by atoms with Crippen LogP contribution in [-0.4, -0.2) is 8.07 Å². The highest BCUT2D eigenvalue weighted by atomic mass is 28.3. The zero-order valence-electron chi connectivity index (χ0n) is 16.8. The van der Waals surface area contributed by atoms with Crippen LogP contribution in [0, 0.1) is 24.8 Å². The van der Waals surface area contributed by atoms with Crippen molar-refractivity contribution in [1.29, 1.82) is 5.26 Å². The van der Waals surface area contributed by atoms with Crippen molar-refractivity contribution in [3.05, 3.63) is 95.3 Å². The van der Waals surface area contributed by atoms with Crippen LogP contribution in [0.15, 0.2) is 72.8 Å². The average Bonchev–Trinajstić information content (AvgIpc) is 2.68. The summed E-state index contributed by atoms with van der Waals surface area (Å²) in [4.78, 5) is 3.69. The zero-order valence-corrected chi connectivity index (χ0v) is 17.8. The third kappa shape index (κ3) is 3.26. The van der Waals surface area contributed by atoms with Gasteiger partial charge in [-0.1, -0.05) is 92.2 Å². The van der Waals surface area contributed by atoms with Crippen LogP contribution in [0.4, 0.5) is 5.69 Å². The Morgan fingerprint density at radius 2 is 1.43 bits per heavy atom. The molecule has 0 spiro atoms. The molecule has 0 aliphatic rings. The van der Waals surface area contributed by atoms with Gasteiger partial charge in [0.05, 0.1) is 18.2 Å². The highest BCUT2D eigenvalue weighted by Gasteiger charge is 2.49. The molecule has 0 aliphatic carbocycles. The van der Waals surface area contributed by atoms with Gasteiger partial charge >= 0.3 is 0 Å². The molecule has 1 atom stereocenters. The van der Waals surface area contributed by atoms with Gasteiger partial charge in [0.2, 0.25) is 0 Å². The fourth-order valence-electron chi connectivity index (χ4n) is 4.31. The van der Waals surface area contributed by atoms with E-state index in [1.165, 1.54) is 21.1 Å². The largest absolute Gasteiger partial charge is 0.238 e. The van der Waals surface area contributed by atoms with Crippen molar-refractivity contribution in [3.63, 3.8) is 0 Å². The lowest BCUT2D eigenvalue weighted by Crippen LogP contribution is -2.72. The van der Waals surface area contributed by atoms with Crippen LogP contribution >= 0.6 is 0 Å². The lowest BCUT2D eigenvalue weighted by molar-refractivity contribution is 0.739. The second-order valence-electron chi connectivity index (χ2n) is 8.22. The minimum atomic E-state index is -2.55. The van der Waals surface area contributed by atoms with Crippen LogP contribution in [-0.2, 0) is 0 Å². The minimum absolute atomic E-state index is 0.0739. The molecule has 3 heteroatoms. The van der Waals surface area contributed by atoms with Crippen molar-refractivity contribution < 1.29 is 0 Å². The average molecular weight is 381 g/mol.